The fourth-order valence-electron chi connectivity index (χ4n) is 6.35. The Bertz CT molecular complexity index is 1350. The summed E-state index contributed by atoms with van der Waals surface area (Å²) in [5, 5.41) is 0. The number of methoxy groups -OCH3 is 2. The van der Waals surface area contributed by atoms with Gasteiger partial charge in [-0.15, -0.1) is 0 Å². The summed E-state index contributed by atoms with van der Waals surface area (Å²) in [6.45, 7) is 13.2. The number of hydrogen-bond donors (Lipinski definition) is 0. The Labute approximate surface area is 285 Å². The summed E-state index contributed by atoms with van der Waals surface area (Å²) in [5.41, 5.74) is 1.22. The van der Waals surface area contributed by atoms with Gasteiger partial charge in [-0.1, -0.05) is 38.5 Å². The van der Waals surface area contributed by atoms with E-state index < -0.39 is 23.7 Å². The Morgan fingerprint density at radius 1 is 1.04 bits per heavy atom. The highest BCUT2D eigenvalue weighted by molar-refractivity contribution is 5.94. The van der Waals surface area contributed by atoms with Crippen molar-refractivity contribution in [3.05, 3.63) is 41.7 Å². The lowest BCUT2D eigenvalue weighted by atomic mass is 9.90. The molecule has 2 saturated heterocycles. The number of likely N-dealkylation sites (tertiary alicyclic amines) is 1. The molecule has 0 radical (unpaired) electrons. The van der Waals surface area contributed by atoms with Crippen LogP contribution in [0.5, 0.6) is 6.01 Å². The minimum atomic E-state index is -0.710. The monoisotopic (exact) mass is 669 g/mol. The van der Waals surface area contributed by atoms with Gasteiger partial charge in [0.05, 0.1) is 43.7 Å². The summed E-state index contributed by atoms with van der Waals surface area (Å²) < 4.78 is 24.3. The number of aromatic nitrogens is 2. The zero-order valence-corrected chi connectivity index (χ0v) is 29.9. The summed E-state index contributed by atoms with van der Waals surface area (Å²) in [7, 11) is 3.24. The molecule has 2 aliphatic heterocycles. The number of morpholine rings is 1. The number of imidazole rings is 1. The van der Waals surface area contributed by atoms with Crippen LogP contribution in [0.15, 0.2) is 30.3 Å². The Balaban J connectivity index is 1.76. The van der Waals surface area contributed by atoms with Gasteiger partial charge in [0.15, 0.2) is 5.69 Å². The molecule has 2 aliphatic rings. The molecule has 0 N–H and O–H groups in total. The van der Waals surface area contributed by atoms with E-state index in [-0.39, 0.29) is 30.8 Å². The average Bonchev–Trinajstić information content (AvgIpc) is 3.46. The van der Waals surface area contributed by atoms with E-state index in [2.05, 4.69) is 13.8 Å². The number of para-hydroxylation sites is 1. The van der Waals surface area contributed by atoms with Gasteiger partial charge in [-0.05, 0) is 64.5 Å². The number of carbonyl (C=O) groups excluding carboxylic acids is 3. The second-order valence-electron chi connectivity index (χ2n) is 13.9. The second kappa shape index (κ2) is 17.1. The summed E-state index contributed by atoms with van der Waals surface area (Å²) in [5.74, 6) is -0.589. The fraction of sp³-hybridized carbons (Fsp3) is 0.667. The number of rotatable bonds is 13. The van der Waals surface area contributed by atoms with Crippen molar-refractivity contribution >= 4 is 17.9 Å². The number of amides is 3. The molecular weight excluding hydrogens is 614 g/mol. The number of benzene rings is 1. The third kappa shape index (κ3) is 9.49. The maximum Gasteiger partial charge on any atom is 0.410 e. The average molecular weight is 670 g/mol. The van der Waals surface area contributed by atoms with Crippen LogP contribution in [-0.4, -0.2) is 121 Å². The van der Waals surface area contributed by atoms with Crippen LogP contribution in [0.1, 0.15) is 76.5 Å². The van der Waals surface area contributed by atoms with Crippen LogP contribution >= 0.6 is 0 Å². The summed E-state index contributed by atoms with van der Waals surface area (Å²) >= 11 is 0. The van der Waals surface area contributed by atoms with Gasteiger partial charge in [-0.2, -0.15) is 4.98 Å². The van der Waals surface area contributed by atoms with Crippen molar-refractivity contribution in [2.24, 2.45) is 11.8 Å². The Hall–Kier alpha value is -3.64. The molecule has 48 heavy (non-hydrogen) atoms. The van der Waals surface area contributed by atoms with Crippen molar-refractivity contribution in [1.82, 2.24) is 24.3 Å². The first kappa shape index (κ1) is 37.2. The van der Waals surface area contributed by atoms with Crippen LogP contribution in [-0.2, 0) is 25.4 Å². The van der Waals surface area contributed by atoms with Crippen molar-refractivity contribution < 1.29 is 33.3 Å². The quantitative estimate of drug-likeness (QED) is 0.279. The van der Waals surface area contributed by atoms with E-state index in [1.54, 1.807) is 19.1 Å². The van der Waals surface area contributed by atoms with E-state index in [9.17, 15) is 14.4 Å². The first-order valence-corrected chi connectivity index (χ1v) is 17.3. The Morgan fingerprint density at radius 2 is 1.75 bits per heavy atom. The number of nitrogens with zero attached hydrogens (tertiary/aromatic N) is 5. The molecular formula is C36H55N5O7. The van der Waals surface area contributed by atoms with Gasteiger partial charge in [-0.3, -0.25) is 14.2 Å². The van der Waals surface area contributed by atoms with Crippen LogP contribution in [0.3, 0.4) is 0 Å². The minimum Gasteiger partial charge on any atom is -0.468 e. The zero-order chi connectivity index (χ0) is 34.8. The van der Waals surface area contributed by atoms with Crippen molar-refractivity contribution in [2.45, 2.75) is 78.4 Å². The lowest BCUT2D eigenvalue weighted by molar-refractivity contribution is -0.142. The van der Waals surface area contributed by atoms with Crippen molar-refractivity contribution in [2.75, 3.05) is 66.8 Å². The molecule has 0 bridgehead atoms. The molecule has 0 spiro atoms. The maximum absolute atomic E-state index is 14.9. The lowest BCUT2D eigenvalue weighted by Crippen LogP contribution is -2.58. The van der Waals surface area contributed by atoms with Crippen molar-refractivity contribution in [3.8, 4) is 11.7 Å². The fourth-order valence-corrected chi connectivity index (χ4v) is 6.35. The molecule has 2 fully saturated rings. The van der Waals surface area contributed by atoms with Crippen LogP contribution < -0.4 is 4.74 Å². The lowest BCUT2D eigenvalue weighted by Gasteiger charge is -2.44. The largest absolute Gasteiger partial charge is 0.468 e. The maximum atomic E-state index is 14.9. The van der Waals surface area contributed by atoms with E-state index in [0.717, 1.165) is 30.6 Å². The SMILES string of the molecule is CCC(C)CN(C(=O)c1nc(OC)n(-c2ccccc2)c1CCCCOC)C1C[C@@H](C(=O)N2CCOCC2)CN(C(=O)OC(C)(C)C)C1. The van der Waals surface area contributed by atoms with Crippen molar-refractivity contribution in [1.29, 1.82) is 0 Å². The second-order valence-corrected chi connectivity index (χ2v) is 13.9. The van der Waals surface area contributed by atoms with E-state index in [1.807, 2.05) is 65.5 Å². The highest BCUT2D eigenvalue weighted by Crippen LogP contribution is 2.31. The zero-order valence-electron chi connectivity index (χ0n) is 29.9. The molecule has 3 amide bonds. The number of piperidine rings is 1. The predicted molar refractivity (Wildman–Crippen MR) is 183 cm³/mol. The normalized spacial score (nSPS) is 19.1. The highest BCUT2D eigenvalue weighted by atomic mass is 16.6. The predicted octanol–water partition coefficient (Wildman–Crippen LogP) is 4.82. The third-order valence-electron chi connectivity index (χ3n) is 9.01. The van der Waals surface area contributed by atoms with Crippen LogP contribution in [0, 0.1) is 11.8 Å². The number of hydrogen-bond acceptors (Lipinski definition) is 8. The number of unbranched alkanes of at least 4 members (excludes halogenated alkanes) is 1. The van der Waals surface area contributed by atoms with Gasteiger partial charge in [0.25, 0.3) is 5.91 Å². The smallest absolute Gasteiger partial charge is 0.410 e. The van der Waals surface area contributed by atoms with Crippen molar-refractivity contribution in [3.63, 3.8) is 0 Å². The van der Waals surface area contributed by atoms with Gasteiger partial charge in [0.1, 0.15) is 5.60 Å². The standard InChI is InChI=1S/C36H55N5O7/c1-8-26(2)23-40(29-22-27(32(42)38-17-20-47-21-18-38)24-39(25-29)35(44)48-36(3,4)5)33(43)31-30(16-12-13-19-45-6)41(34(37-31)46-7)28-14-10-9-11-15-28/h9-11,14-15,26-27,29H,8,12-13,16-25H2,1-7H3/t26?,27-,29?/m1/s1. The molecule has 12 heteroatoms. The summed E-state index contributed by atoms with van der Waals surface area (Å²) in [4.78, 5) is 52.4. The van der Waals surface area contributed by atoms with Gasteiger partial charge >= 0.3 is 12.1 Å². The van der Waals surface area contributed by atoms with Gasteiger partial charge in [0, 0.05) is 46.4 Å². The molecule has 12 nitrogen and oxygen atoms in total. The first-order chi connectivity index (χ1) is 23.0. The number of carbonyl (C=O) groups is 3. The van der Waals surface area contributed by atoms with Crippen LogP contribution in [0.4, 0.5) is 4.79 Å². The molecule has 1 aromatic heterocycles. The molecule has 2 aromatic rings. The molecule has 266 valence electrons. The first-order valence-electron chi connectivity index (χ1n) is 17.3. The van der Waals surface area contributed by atoms with E-state index in [4.69, 9.17) is 23.9 Å². The molecule has 0 saturated carbocycles. The number of ether oxygens (including phenoxy) is 4. The molecule has 2 unspecified atom stereocenters. The molecule has 0 aliphatic carbocycles. The molecule has 1 aromatic carbocycles. The van der Waals surface area contributed by atoms with Gasteiger partial charge < -0.3 is 33.6 Å². The molecule has 3 atom stereocenters. The Morgan fingerprint density at radius 3 is 2.38 bits per heavy atom. The van der Waals surface area contributed by atoms with Gasteiger partial charge in [0.2, 0.25) is 5.91 Å². The molecule has 4 rings (SSSR count). The van der Waals surface area contributed by atoms with Crippen LogP contribution in [0.25, 0.3) is 5.69 Å². The summed E-state index contributed by atoms with van der Waals surface area (Å²) in [6, 6.07) is 9.66. The third-order valence-corrected chi connectivity index (χ3v) is 9.01. The topological polar surface area (TPSA) is 116 Å². The van der Waals surface area contributed by atoms with Crippen LogP contribution in [0.2, 0.25) is 0 Å². The van der Waals surface area contributed by atoms with E-state index in [0.29, 0.717) is 64.0 Å². The summed E-state index contributed by atoms with van der Waals surface area (Å²) in [6.07, 6.45) is 2.98. The highest BCUT2D eigenvalue weighted by Gasteiger charge is 2.42. The minimum absolute atomic E-state index is 0.0265. The Kier molecular flexibility index (Phi) is 13.3. The molecule has 3 heterocycles. The van der Waals surface area contributed by atoms with E-state index in [1.165, 1.54) is 0 Å². The van der Waals surface area contributed by atoms with Gasteiger partial charge in [-0.25, -0.2) is 4.79 Å². The van der Waals surface area contributed by atoms with E-state index >= 15 is 0 Å².